The van der Waals surface area contributed by atoms with Crippen LogP contribution in [0.2, 0.25) is 0 Å². The zero-order valence-electron chi connectivity index (χ0n) is 16.8. The topological polar surface area (TPSA) is 66.6 Å². The van der Waals surface area contributed by atoms with Crippen molar-refractivity contribution in [3.05, 3.63) is 45.2 Å². The number of thiocarbonyl (C=S) groups is 1. The molecule has 3 rings (SSSR count). The fourth-order valence-corrected chi connectivity index (χ4v) is 3.71. The normalized spacial score (nSPS) is 16.5. The lowest BCUT2D eigenvalue weighted by atomic mass is 10.0. The van der Waals surface area contributed by atoms with E-state index in [0.29, 0.717) is 36.9 Å². The molecule has 0 bridgehead atoms. The third-order valence-corrected chi connectivity index (χ3v) is 5.62. The largest absolute Gasteiger partial charge is 0.383 e. The second-order valence-corrected chi connectivity index (χ2v) is 7.77. The standard InChI is InChI=1S/C21H29N3O3S/c1-14-9-16-11-17(20(25)23-19(16)10-15(14)2)12-24(13-18-5-4-7-27-18)21(28)22-6-8-26-3/h9-11,18H,4-8,12-13H2,1-3H3,(H,22,28)(H,23,25). The fourth-order valence-electron chi connectivity index (χ4n) is 3.47. The van der Waals surface area contributed by atoms with Gasteiger partial charge in [0, 0.05) is 37.9 Å². The summed E-state index contributed by atoms with van der Waals surface area (Å²) in [5.41, 5.74) is 3.86. The molecule has 1 saturated heterocycles. The maximum atomic E-state index is 12.7. The molecule has 2 N–H and O–H groups in total. The van der Waals surface area contributed by atoms with Crippen molar-refractivity contribution >= 4 is 28.2 Å². The molecule has 6 nitrogen and oxygen atoms in total. The van der Waals surface area contributed by atoms with E-state index >= 15 is 0 Å². The van der Waals surface area contributed by atoms with Crippen molar-refractivity contribution in [2.45, 2.75) is 39.3 Å². The molecule has 0 spiro atoms. The van der Waals surface area contributed by atoms with Crippen LogP contribution in [0, 0.1) is 13.8 Å². The van der Waals surface area contributed by atoms with Crippen LogP contribution >= 0.6 is 12.2 Å². The maximum absolute atomic E-state index is 12.7. The average Bonchev–Trinajstić information content (AvgIpc) is 3.16. The van der Waals surface area contributed by atoms with Gasteiger partial charge >= 0.3 is 0 Å². The summed E-state index contributed by atoms with van der Waals surface area (Å²) in [5.74, 6) is 0. The number of pyridine rings is 1. The van der Waals surface area contributed by atoms with E-state index in [1.54, 1.807) is 7.11 Å². The highest BCUT2D eigenvalue weighted by atomic mass is 32.1. The zero-order chi connectivity index (χ0) is 20.1. The third-order valence-electron chi connectivity index (χ3n) is 5.21. The number of H-pyrrole nitrogens is 1. The molecule has 1 unspecified atom stereocenters. The van der Waals surface area contributed by atoms with Crippen LogP contribution in [0.15, 0.2) is 23.0 Å². The molecule has 152 valence electrons. The van der Waals surface area contributed by atoms with Gasteiger partial charge in [0.25, 0.3) is 5.56 Å². The molecular formula is C21H29N3O3S. The van der Waals surface area contributed by atoms with Gasteiger partial charge in [-0.2, -0.15) is 0 Å². The first-order valence-electron chi connectivity index (χ1n) is 9.74. The predicted octanol–water partition coefficient (Wildman–Crippen LogP) is 2.65. The highest BCUT2D eigenvalue weighted by Crippen LogP contribution is 2.19. The molecular weight excluding hydrogens is 374 g/mol. The second-order valence-electron chi connectivity index (χ2n) is 7.39. The molecule has 2 heterocycles. The van der Waals surface area contributed by atoms with Crippen molar-refractivity contribution in [2.75, 3.05) is 33.4 Å². The van der Waals surface area contributed by atoms with Crippen LogP contribution in [0.1, 0.15) is 29.5 Å². The number of aromatic nitrogens is 1. The Morgan fingerprint density at radius 1 is 1.36 bits per heavy atom. The van der Waals surface area contributed by atoms with E-state index in [4.69, 9.17) is 21.7 Å². The summed E-state index contributed by atoms with van der Waals surface area (Å²) in [6.45, 7) is 7.23. The Labute approximate surface area is 171 Å². The van der Waals surface area contributed by atoms with Gasteiger partial charge in [-0.05, 0) is 73.6 Å². The third kappa shape index (κ3) is 5.10. The van der Waals surface area contributed by atoms with E-state index in [-0.39, 0.29) is 11.7 Å². The number of hydrogen-bond acceptors (Lipinski definition) is 4. The number of fused-ring (bicyclic) bond motifs is 1. The lowest BCUT2D eigenvalue weighted by Crippen LogP contribution is -2.44. The van der Waals surface area contributed by atoms with Crippen LogP contribution in [-0.2, 0) is 16.0 Å². The molecule has 0 aliphatic carbocycles. The van der Waals surface area contributed by atoms with E-state index in [1.165, 1.54) is 11.1 Å². The number of nitrogens with one attached hydrogen (secondary N) is 2. The lowest BCUT2D eigenvalue weighted by Gasteiger charge is -2.28. The summed E-state index contributed by atoms with van der Waals surface area (Å²) >= 11 is 5.59. The Morgan fingerprint density at radius 2 is 2.14 bits per heavy atom. The van der Waals surface area contributed by atoms with Crippen LogP contribution in [-0.4, -0.2) is 54.5 Å². The fraction of sp³-hybridized carbons (Fsp3) is 0.524. The Bertz CT molecular complexity index is 890. The number of benzene rings is 1. The summed E-state index contributed by atoms with van der Waals surface area (Å²) in [6, 6.07) is 6.11. The van der Waals surface area contributed by atoms with Gasteiger partial charge in [0.05, 0.1) is 19.3 Å². The Hall–Kier alpha value is -1.96. The minimum atomic E-state index is -0.0761. The van der Waals surface area contributed by atoms with Crippen molar-refractivity contribution in [3.63, 3.8) is 0 Å². The first-order valence-corrected chi connectivity index (χ1v) is 10.1. The number of aromatic amines is 1. The Kier molecular flexibility index (Phi) is 7.04. The molecule has 0 amide bonds. The van der Waals surface area contributed by atoms with E-state index in [2.05, 4.69) is 30.2 Å². The predicted molar refractivity (Wildman–Crippen MR) is 116 cm³/mol. The molecule has 1 aliphatic rings. The lowest BCUT2D eigenvalue weighted by molar-refractivity contribution is 0.0895. The van der Waals surface area contributed by atoms with Gasteiger partial charge in [0.15, 0.2) is 5.11 Å². The van der Waals surface area contributed by atoms with Crippen LogP contribution in [0.4, 0.5) is 0 Å². The Balaban J connectivity index is 1.83. The van der Waals surface area contributed by atoms with Gasteiger partial charge in [-0.15, -0.1) is 0 Å². The highest BCUT2D eigenvalue weighted by Gasteiger charge is 2.22. The van der Waals surface area contributed by atoms with Gasteiger partial charge in [-0.1, -0.05) is 0 Å². The number of hydrogen-bond donors (Lipinski definition) is 2. The van der Waals surface area contributed by atoms with E-state index in [9.17, 15) is 4.79 Å². The summed E-state index contributed by atoms with van der Waals surface area (Å²) in [7, 11) is 1.66. The molecule has 28 heavy (non-hydrogen) atoms. The highest BCUT2D eigenvalue weighted by molar-refractivity contribution is 7.80. The Morgan fingerprint density at radius 3 is 2.86 bits per heavy atom. The summed E-state index contributed by atoms with van der Waals surface area (Å²) in [4.78, 5) is 17.7. The van der Waals surface area contributed by atoms with Gasteiger partial charge in [-0.25, -0.2) is 0 Å². The first-order chi connectivity index (χ1) is 13.5. The van der Waals surface area contributed by atoms with E-state index < -0.39 is 0 Å². The van der Waals surface area contributed by atoms with Crippen LogP contribution in [0.25, 0.3) is 10.9 Å². The van der Waals surface area contributed by atoms with Gasteiger partial charge in [0.1, 0.15) is 0 Å². The molecule has 1 aliphatic heterocycles. The van der Waals surface area contributed by atoms with E-state index in [1.807, 2.05) is 17.0 Å². The van der Waals surface area contributed by atoms with E-state index in [0.717, 1.165) is 30.4 Å². The SMILES string of the molecule is COCCNC(=S)N(Cc1cc2cc(C)c(C)cc2[nH]c1=O)CC1CCCO1. The average molecular weight is 404 g/mol. The quantitative estimate of drug-likeness (QED) is 0.547. The number of ether oxygens (including phenoxy) is 2. The summed E-state index contributed by atoms with van der Waals surface area (Å²) < 4.78 is 10.9. The van der Waals surface area contributed by atoms with Crippen molar-refractivity contribution in [1.82, 2.24) is 15.2 Å². The van der Waals surface area contributed by atoms with Crippen LogP contribution in [0.3, 0.4) is 0 Å². The zero-order valence-corrected chi connectivity index (χ0v) is 17.7. The van der Waals surface area contributed by atoms with Crippen LogP contribution in [0.5, 0.6) is 0 Å². The molecule has 1 fully saturated rings. The molecule has 1 atom stereocenters. The van der Waals surface area contributed by atoms with Crippen molar-refractivity contribution in [3.8, 4) is 0 Å². The molecule has 2 aromatic rings. The molecule has 1 aromatic carbocycles. The summed E-state index contributed by atoms with van der Waals surface area (Å²) in [6.07, 6.45) is 2.23. The number of aryl methyl sites for hydroxylation is 2. The summed E-state index contributed by atoms with van der Waals surface area (Å²) in [5, 5.41) is 4.87. The minimum absolute atomic E-state index is 0.0761. The van der Waals surface area contributed by atoms with Crippen molar-refractivity contribution in [1.29, 1.82) is 0 Å². The van der Waals surface area contributed by atoms with Crippen LogP contribution < -0.4 is 10.9 Å². The number of methoxy groups -OCH3 is 1. The molecule has 0 saturated carbocycles. The van der Waals surface area contributed by atoms with Gasteiger partial charge in [-0.3, -0.25) is 4.79 Å². The second kappa shape index (κ2) is 9.49. The number of nitrogens with zero attached hydrogens (tertiary/aromatic N) is 1. The van der Waals surface area contributed by atoms with Crippen molar-refractivity contribution < 1.29 is 9.47 Å². The molecule has 1 aromatic heterocycles. The first kappa shape index (κ1) is 20.8. The van der Waals surface area contributed by atoms with Gasteiger partial charge < -0.3 is 24.7 Å². The maximum Gasteiger partial charge on any atom is 0.253 e. The molecule has 0 radical (unpaired) electrons. The minimum Gasteiger partial charge on any atom is -0.383 e. The monoisotopic (exact) mass is 403 g/mol. The smallest absolute Gasteiger partial charge is 0.253 e. The van der Waals surface area contributed by atoms with Gasteiger partial charge in [0.2, 0.25) is 0 Å². The number of rotatable bonds is 7. The van der Waals surface area contributed by atoms with Crippen molar-refractivity contribution in [2.24, 2.45) is 0 Å². The molecule has 7 heteroatoms.